The lowest BCUT2D eigenvalue weighted by Gasteiger charge is -2.22. The van der Waals surface area contributed by atoms with Crippen LogP contribution >= 0.6 is 0 Å². The zero-order valence-corrected chi connectivity index (χ0v) is 16.2. The van der Waals surface area contributed by atoms with E-state index in [4.69, 9.17) is 0 Å². The van der Waals surface area contributed by atoms with Crippen LogP contribution in [-0.2, 0) is 19.5 Å². The Balaban J connectivity index is 1.89. The van der Waals surface area contributed by atoms with Gasteiger partial charge < -0.3 is 14.8 Å². The number of aromatic nitrogens is 2. The van der Waals surface area contributed by atoms with Gasteiger partial charge in [-0.1, -0.05) is 37.3 Å². The van der Waals surface area contributed by atoms with Crippen LogP contribution in [0.1, 0.15) is 65.5 Å². The van der Waals surface area contributed by atoms with Gasteiger partial charge in [-0.3, -0.25) is 9.59 Å². The minimum atomic E-state index is -0.173. The molecule has 0 spiro atoms. The molecular formula is C21H28N4O2. The van der Waals surface area contributed by atoms with Crippen LogP contribution < -0.4 is 5.32 Å². The maximum atomic E-state index is 13.2. The minimum absolute atomic E-state index is 0.112. The fourth-order valence-corrected chi connectivity index (χ4v) is 3.48. The summed E-state index contributed by atoms with van der Waals surface area (Å²) in [4.78, 5) is 32.0. The van der Waals surface area contributed by atoms with E-state index in [1.807, 2.05) is 48.7 Å². The smallest absolute Gasteiger partial charge is 0.290 e. The Kier molecular flexibility index (Phi) is 6.27. The van der Waals surface area contributed by atoms with Crippen molar-refractivity contribution in [2.75, 3.05) is 13.1 Å². The lowest BCUT2D eigenvalue weighted by Crippen LogP contribution is -2.33. The molecular weight excluding hydrogens is 340 g/mol. The summed E-state index contributed by atoms with van der Waals surface area (Å²) in [6.45, 7) is 6.47. The first-order valence-corrected chi connectivity index (χ1v) is 9.86. The molecule has 1 aliphatic rings. The van der Waals surface area contributed by atoms with E-state index in [9.17, 15) is 9.59 Å². The van der Waals surface area contributed by atoms with Crippen LogP contribution in [0.2, 0.25) is 0 Å². The molecule has 6 heteroatoms. The van der Waals surface area contributed by atoms with E-state index >= 15 is 0 Å². The third-order valence-electron chi connectivity index (χ3n) is 4.94. The zero-order valence-electron chi connectivity index (χ0n) is 16.2. The zero-order chi connectivity index (χ0) is 19.2. The maximum absolute atomic E-state index is 13.2. The highest BCUT2D eigenvalue weighted by atomic mass is 16.2. The highest BCUT2D eigenvalue weighted by molar-refractivity contribution is 5.97. The molecule has 6 nitrogen and oxygen atoms in total. The topological polar surface area (TPSA) is 67.2 Å². The highest BCUT2D eigenvalue weighted by Crippen LogP contribution is 2.22. The lowest BCUT2D eigenvalue weighted by atomic mass is 10.1. The van der Waals surface area contributed by atoms with Gasteiger partial charge in [-0.05, 0) is 38.2 Å². The number of benzene rings is 1. The van der Waals surface area contributed by atoms with Crippen LogP contribution in [-0.4, -0.2) is 39.4 Å². The Bertz CT molecular complexity index is 798. The number of nitrogens with zero attached hydrogens (tertiary/aromatic N) is 3. The van der Waals surface area contributed by atoms with Gasteiger partial charge in [-0.2, -0.15) is 0 Å². The largest absolute Gasteiger partial charge is 0.351 e. The molecule has 0 fully saturated rings. The van der Waals surface area contributed by atoms with Crippen molar-refractivity contribution in [1.82, 2.24) is 19.8 Å². The van der Waals surface area contributed by atoms with Gasteiger partial charge in [0.2, 0.25) is 0 Å². The summed E-state index contributed by atoms with van der Waals surface area (Å²) in [6.07, 6.45) is 3.69. The van der Waals surface area contributed by atoms with Gasteiger partial charge in [0.15, 0.2) is 5.82 Å². The molecule has 2 amide bonds. The summed E-state index contributed by atoms with van der Waals surface area (Å²) >= 11 is 0. The molecule has 27 heavy (non-hydrogen) atoms. The number of imidazole rings is 1. The molecule has 0 atom stereocenters. The summed E-state index contributed by atoms with van der Waals surface area (Å²) in [5, 5.41) is 2.89. The summed E-state index contributed by atoms with van der Waals surface area (Å²) < 4.78 is 1.96. The van der Waals surface area contributed by atoms with E-state index in [1.54, 1.807) is 4.90 Å². The molecule has 1 aromatic carbocycles. The summed E-state index contributed by atoms with van der Waals surface area (Å²) in [6, 6.07) is 9.94. The number of amides is 2. The van der Waals surface area contributed by atoms with Crippen molar-refractivity contribution in [2.24, 2.45) is 0 Å². The van der Waals surface area contributed by atoms with E-state index in [1.165, 1.54) is 0 Å². The van der Waals surface area contributed by atoms with Crippen molar-refractivity contribution in [2.45, 2.75) is 52.6 Å². The number of hydrogen-bond donors (Lipinski definition) is 1. The first-order chi connectivity index (χ1) is 13.2. The van der Waals surface area contributed by atoms with Crippen LogP contribution in [0.25, 0.3) is 0 Å². The van der Waals surface area contributed by atoms with Gasteiger partial charge in [-0.15, -0.1) is 0 Å². The van der Waals surface area contributed by atoms with Gasteiger partial charge in [-0.25, -0.2) is 4.98 Å². The molecule has 2 heterocycles. The molecule has 3 rings (SSSR count). The Hall–Kier alpha value is -2.63. The van der Waals surface area contributed by atoms with Crippen LogP contribution in [0.5, 0.6) is 0 Å². The Morgan fingerprint density at radius 3 is 2.67 bits per heavy atom. The van der Waals surface area contributed by atoms with Gasteiger partial charge in [0.1, 0.15) is 5.69 Å². The second kappa shape index (κ2) is 8.84. The van der Waals surface area contributed by atoms with Crippen molar-refractivity contribution >= 4 is 11.8 Å². The number of carbonyl (C=O) groups excluding carboxylic acids is 2. The first-order valence-electron chi connectivity index (χ1n) is 9.86. The van der Waals surface area contributed by atoms with Crippen LogP contribution in [0, 0.1) is 0 Å². The number of rotatable bonds is 7. The van der Waals surface area contributed by atoms with Gasteiger partial charge in [0.05, 0.1) is 5.69 Å². The van der Waals surface area contributed by atoms with E-state index in [0.29, 0.717) is 31.2 Å². The van der Waals surface area contributed by atoms with Crippen molar-refractivity contribution < 1.29 is 9.59 Å². The second-order valence-electron chi connectivity index (χ2n) is 6.90. The third kappa shape index (κ3) is 4.21. The number of hydrogen-bond acceptors (Lipinski definition) is 3. The van der Waals surface area contributed by atoms with E-state index < -0.39 is 0 Å². The predicted octanol–water partition coefficient (Wildman–Crippen LogP) is 3.02. The van der Waals surface area contributed by atoms with E-state index in [2.05, 4.69) is 10.3 Å². The Labute approximate surface area is 160 Å². The molecule has 2 aromatic rings. The quantitative estimate of drug-likeness (QED) is 0.817. The van der Waals surface area contributed by atoms with E-state index in [-0.39, 0.29) is 11.8 Å². The monoisotopic (exact) mass is 368 g/mol. The Morgan fingerprint density at radius 1 is 1.19 bits per heavy atom. The fourth-order valence-electron chi connectivity index (χ4n) is 3.48. The Morgan fingerprint density at radius 2 is 1.96 bits per heavy atom. The molecule has 144 valence electrons. The van der Waals surface area contributed by atoms with E-state index in [0.717, 1.165) is 43.5 Å². The van der Waals surface area contributed by atoms with Crippen molar-refractivity contribution in [3.8, 4) is 0 Å². The van der Waals surface area contributed by atoms with Gasteiger partial charge in [0, 0.05) is 26.2 Å². The number of fused-ring (bicyclic) bond motifs is 1. The summed E-state index contributed by atoms with van der Waals surface area (Å²) in [5.74, 6) is 0.107. The normalized spacial score (nSPS) is 13.1. The van der Waals surface area contributed by atoms with Crippen LogP contribution in [0.15, 0.2) is 30.3 Å². The molecule has 0 unspecified atom stereocenters. The van der Waals surface area contributed by atoms with Gasteiger partial charge in [0.25, 0.3) is 11.8 Å². The average Bonchev–Trinajstić information content (AvgIpc) is 3.10. The molecule has 0 aliphatic carbocycles. The molecule has 1 aromatic heterocycles. The third-order valence-corrected chi connectivity index (χ3v) is 4.94. The molecule has 0 saturated heterocycles. The standard InChI is InChI=1S/C21H28N4O2/c1-3-13-22-20(26)18-17-12-8-9-14-25(17)19(23-18)21(27)24(4-2)15-16-10-6-5-7-11-16/h5-7,10-11H,3-4,8-9,12-15H2,1-2H3,(H,22,26). The predicted molar refractivity (Wildman–Crippen MR) is 105 cm³/mol. The van der Waals surface area contributed by atoms with Gasteiger partial charge >= 0.3 is 0 Å². The van der Waals surface area contributed by atoms with Crippen molar-refractivity contribution in [3.63, 3.8) is 0 Å². The van der Waals surface area contributed by atoms with Crippen LogP contribution in [0.3, 0.4) is 0 Å². The number of nitrogens with one attached hydrogen (secondary N) is 1. The number of carbonyl (C=O) groups is 2. The van der Waals surface area contributed by atoms with Crippen molar-refractivity contribution in [3.05, 3.63) is 53.1 Å². The summed E-state index contributed by atoms with van der Waals surface area (Å²) in [5.41, 5.74) is 2.40. The molecule has 0 bridgehead atoms. The molecule has 1 aliphatic heterocycles. The van der Waals surface area contributed by atoms with Crippen molar-refractivity contribution in [1.29, 1.82) is 0 Å². The second-order valence-corrected chi connectivity index (χ2v) is 6.90. The minimum Gasteiger partial charge on any atom is -0.351 e. The fraction of sp³-hybridized carbons (Fsp3) is 0.476. The maximum Gasteiger partial charge on any atom is 0.290 e. The average molecular weight is 368 g/mol. The molecule has 0 radical (unpaired) electrons. The van der Waals surface area contributed by atoms with Crippen LogP contribution in [0.4, 0.5) is 0 Å². The SMILES string of the molecule is CCCNC(=O)c1nc(C(=O)N(CC)Cc2ccccc2)n2c1CCCC2. The summed E-state index contributed by atoms with van der Waals surface area (Å²) in [7, 11) is 0. The molecule has 0 saturated carbocycles. The highest BCUT2D eigenvalue weighted by Gasteiger charge is 2.29. The molecule has 1 N–H and O–H groups in total. The lowest BCUT2D eigenvalue weighted by molar-refractivity contribution is 0.0734. The first kappa shape index (κ1) is 19.1.